The largest absolute Gasteiger partial charge is 0.379 e. The quantitative estimate of drug-likeness (QED) is 0.766. The second-order valence-corrected chi connectivity index (χ2v) is 5.55. The van der Waals surface area contributed by atoms with E-state index in [2.05, 4.69) is 23.6 Å². The second kappa shape index (κ2) is 3.07. The van der Waals surface area contributed by atoms with Gasteiger partial charge in [-0.1, -0.05) is 12.5 Å². The van der Waals surface area contributed by atoms with Gasteiger partial charge in [-0.2, -0.15) is 5.26 Å². The summed E-state index contributed by atoms with van der Waals surface area (Å²) in [6.07, 6.45) is 3.29. The number of thiophene rings is 1. The van der Waals surface area contributed by atoms with E-state index in [1.165, 1.54) is 11.3 Å². The predicted octanol–water partition coefficient (Wildman–Crippen LogP) is 2.71. The van der Waals surface area contributed by atoms with Gasteiger partial charge in [0.05, 0.1) is 30.1 Å². The van der Waals surface area contributed by atoms with E-state index in [1.54, 1.807) is 11.3 Å². The van der Waals surface area contributed by atoms with E-state index in [9.17, 15) is 5.26 Å². The number of ether oxygens (including phenoxy) is 1. The third-order valence-corrected chi connectivity index (χ3v) is 5.10. The van der Waals surface area contributed by atoms with E-state index < -0.39 is 0 Å². The van der Waals surface area contributed by atoms with Gasteiger partial charge in [-0.15, -0.1) is 11.3 Å². The molecule has 1 saturated heterocycles. The van der Waals surface area contributed by atoms with Crippen LogP contribution in [-0.4, -0.2) is 13.2 Å². The van der Waals surface area contributed by atoms with Gasteiger partial charge in [-0.25, -0.2) is 0 Å². The highest BCUT2D eigenvalue weighted by Crippen LogP contribution is 2.58. The standard InChI is InChI=1S/C12H13NOS/c13-7-11(4-2-5-11)12(8-14-9-12)10-3-1-6-15-10/h1,3,6H,2,4-5,8-9H2. The van der Waals surface area contributed by atoms with E-state index in [4.69, 9.17) is 4.74 Å². The average Bonchev–Trinajstić information content (AvgIpc) is 2.60. The van der Waals surface area contributed by atoms with Gasteiger partial charge >= 0.3 is 0 Å². The number of hydrogen-bond donors (Lipinski definition) is 0. The molecule has 0 N–H and O–H groups in total. The Hall–Kier alpha value is -0.850. The molecular weight excluding hydrogens is 206 g/mol. The minimum atomic E-state index is -0.129. The Morgan fingerprint density at radius 2 is 2.20 bits per heavy atom. The first-order valence-electron chi connectivity index (χ1n) is 5.36. The van der Waals surface area contributed by atoms with E-state index in [1.807, 2.05) is 0 Å². The third kappa shape index (κ3) is 1.01. The molecule has 2 aliphatic rings. The van der Waals surface area contributed by atoms with Crippen LogP contribution in [0.5, 0.6) is 0 Å². The first-order valence-corrected chi connectivity index (χ1v) is 6.24. The van der Waals surface area contributed by atoms with Gasteiger partial charge in [0, 0.05) is 4.88 Å². The number of hydrogen-bond acceptors (Lipinski definition) is 3. The molecule has 2 nitrogen and oxygen atoms in total. The highest BCUT2D eigenvalue weighted by Gasteiger charge is 2.60. The maximum absolute atomic E-state index is 9.44. The van der Waals surface area contributed by atoms with Gasteiger partial charge in [-0.3, -0.25) is 0 Å². The monoisotopic (exact) mass is 219 g/mol. The molecule has 0 spiro atoms. The number of rotatable bonds is 2. The molecule has 0 unspecified atom stereocenters. The zero-order valence-electron chi connectivity index (χ0n) is 8.53. The smallest absolute Gasteiger partial charge is 0.0723 e. The van der Waals surface area contributed by atoms with Crippen molar-refractivity contribution in [2.45, 2.75) is 24.7 Å². The van der Waals surface area contributed by atoms with Gasteiger partial charge < -0.3 is 4.74 Å². The Balaban J connectivity index is 2.04. The second-order valence-electron chi connectivity index (χ2n) is 4.60. The van der Waals surface area contributed by atoms with Crippen molar-refractivity contribution >= 4 is 11.3 Å². The molecule has 3 heteroatoms. The normalized spacial score (nSPS) is 26.1. The lowest BCUT2D eigenvalue weighted by atomic mass is 9.52. The summed E-state index contributed by atoms with van der Waals surface area (Å²) in [4.78, 5) is 1.34. The molecule has 0 amide bonds. The van der Waals surface area contributed by atoms with Gasteiger partial charge in [-0.05, 0) is 24.3 Å². The van der Waals surface area contributed by atoms with Gasteiger partial charge in [0.2, 0.25) is 0 Å². The molecule has 0 aromatic carbocycles. The molecule has 1 saturated carbocycles. The van der Waals surface area contributed by atoms with E-state index >= 15 is 0 Å². The topological polar surface area (TPSA) is 33.0 Å². The van der Waals surface area contributed by atoms with Crippen LogP contribution in [0.2, 0.25) is 0 Å². The molecule has 1 aromatic heterocycles. The molecule has 15 heavy (non-hydrogen) atoms. The maximum atomic E-state index is 9.44. The molecule has 0 bridgehead atoms. The van der Waals surface area contributed by atoms with Crippen molar-refractivity contribution in [1.82, 2.24) is 0 Å². The Morgan fingerprint density at radius 1 is 1.40 bits per heavy atom. The van der Waals surface area contributed by atoms with Crippen molar-refractivity contribution in [3.05, 3.63) is 22.4 Å². The minimum Gasteiger partial charge on any atom is -0.379 e. The van der Waals surface area contributed by atoms with Crippen LogP contribution in [0.4, 0.5) is 0 Å². The van der Waals surface area contributed by atoms with Crippen LogP contribution in [0, 0.1) is 16.7 Å². The molecule has 1 aromatic rings. The lowest BCUT2D eigenvalue weighted by Crippen LogP contribution is -2.60. The van der Waals surface area contributed by atoms with E-state index in [0.717, 1.165) is 26.1 Å². The summed E-state index contributed by atoms with van der Waals surface area (Å²) < 4.78 is 5.40. The van der Waals surface area contributed by atoms with Crippen LogP contribution in [-0.2, 0) is 10.2 Å². The highest BCUT2D eigenvalue weighted by atomic mass is 32.1. The molecule has 0 atom stereocenters. The lowest BCUT2D eigenvalue weighted by molar-refractivity contribution is -0.133. The molecule has 1 aliphatic heterocycles. The Labute approximate surface area is 93.5 Å². The molecule has 3 rings (SSSR count). The van der Waals surface area contributed by atoms with E-state index in [0.29, 0.717) is 0 Å². The summed E-state index contributed by atoms with van der Waals surface area (Å²) in [6, 6.07) is 6.80. The molecule has 2 fully saturated rings. The van der Waals surface area contributed by atoms with Gasteiger partial charge in [0.15, 0.2) is 0 Å². The Bertz CT molecular complexity index is 396. The van der Waals surface area contributed by atoms with Crippen LogP contribution in [0.3, 0.4) is 0 Å². The summed E-state index contributed by atoms with van der Waals surface area (Å²) in [5, 5.41) is 11.5. The van der Waals surface area contributed by atoms with Crippen LogP contribution in [0.1, 0.15) is 24.1 Å². The molecule has 1 aliphatic carbocycles. The van der Waals surface area contributed by atoms with Crippen molar-refractivity contribution in [1.29, 1.82) is 5.26 Å². The molecule has 2 heterocycles. The first-order chi connectivity index (χ1) is 7.33. The van der Waals surface area contributed by atoms with Crippen molar-refractivity contribution in [2.75, 3.05) is 13.2 Å². The summed E-state index contributed by atoms with van der Waals surface area (Å²) in [6.45, 7) is 1.47. The number of nitrogens with zero attached hydrogens (tertiary/aromatic N) is 1. The number of nitriles is 1. The minimum absolute atomic E-state index is 0.0220. The SMILES string of the molecule is N#CC1(C2(c3cccs3)COC2)CCC1. The summed E-state index contributed by atoms with van der Waals surface area (Å²) in [7, 11) is 0. The fraction of sp³-hybridized carbons (Fsp3) is 0.583. The highest BCUT2D eigenvalue weighted by molar-refractivity contribution is 7.10. The van der Waals surface area contributed by atoms with Gasteiger partial charge in [0.25, 0.3) is 0 Å². The van der Waals surface area contributed by atoms with Crippen molar-refractivity contribution < 1.29 is 4.74 Å². The fourth-order valence-electron chi connectivity index (χ4n) is 2.74. The molecular formula is C12H13NOS. The third-order valence-electron chi connectivity index (χ3n) is 4.03. The average molecular weight is 219 g/mol. The van der Waals surface area contributed by atoms with Gasteiger partial charge in [0.1, 0.15) is 0 Å². The summed E-state index contributed by atoms with van der Waals surface area (Å²) >= 11 is 1.77. The van der Waals surface area contributed by atoms with Crippen LogP contribution in [0.25, 0.3) is 0 Å². The first kappa shape index (κ1) is 9.38. The van der Waals surface area contributed by atoms with Crippen molar-refractivity contribution in [2.24, 2.45) is 5.41 Å². The zero-order chi connectivity index (χ0) is 10.4. The maximum Gasteiger partial charge on any atom is 0.0723 e. The lowest BCUT2D eigenvalue weighted by Gasteiger charge is -2.55. The van der Waals surface area contributed by atoms with Crippen LogP contribution in [0.15, 0.2) is 17.5 Å². The Kier molecular flexibility index (Phi) is 1.92. The molecule has 78 valence electrons. The predicted molar refractivity (Wildman–Crippen MR) is 58.7 cm³/mol. The van der Waals surface area contributed by atoms with E-state index in [-0.39, 0.29) is 10.8 Å². The molecule has 0 radical (unpaired) electrons. The summed E-state index contributed by atoms with van der Waals surface area (Å²) in [5.41, 5.74) is -0.107. The van der Waals surface area contributed by atoms with Crippen LogP contribution < -0.4 is 0 Å². The van der Waals surface area contributed by atoms with Crippen LogP contribution >= 0.6 is 11.3 Å². The summed E-state index contributed by atoms with van der Waals surface area (Å²) in [5.74, 6) is 0. The zero-order valence-corrected chi connectivity index (χ0v) is 9.35. The fourth-order valence-corrected chi connectivity index (χ4v) is 3.74. The van der Waals surface area contributed by atoms with Crippen molar-refractivity contribution in [3.8, 4) is 6.07 Å². The Morgan fingerprint density at radius 3 is 2.53 bits per heavy atom. The van der Waals surface area contributed by atoms with Crippen molar-refractivity contribution in [3.63, 3.8) is 0 Å².